The molecule has 2 heterocycles. The molecule has 8 heteroatoms. The molecule has 1 aliphatic heterocycles. The minimum absolute atomic E-state index is 0.0306. The highest BCUT2D eigenvalue weighted by Gasteiger charge is 2.38. The molecule has 1 unspecified atom stereocenters. The van der Waals surface area contributed by atoms with E-state index in [1.54, 1.807) is 18.3 Å². The van der Waals surface area contributed by atoms with Crippen LogP contribution in [-0.2, 0) is 9.45 Å². The molecule has 1 aromatic carbocycles. The van der Waals surface area contributed by atoms with E-state index in [4.69, 9.17) is 14.1 Å². The number of ketones is 1. The molecule has 0 saturated heterocycles. The first kappa shape index (κ1) is 15.5. The van der Waals surface area contributed by atoms with Crippen LogP contribution >= 0.6 is 0 Å². The Balaban J connectivity index is 1.97. The molecule has 0 bridgehead atoms. The third-order valence-electron chi connectivity index (χ3n) is 3.48. The van der Waals surface area contributed by atoms with Crippen molar-refractivity contribution < 1.29 is 23.9 Å². The van der Waals surface area contributed by atoms with Crippen molar-refractivity contribution in [1.29, 1.82) is 0 Å². The van der Waals surface area contributed by atoms with E-state index < -0.39 is 13.2 Å². The molecule has 23 heavy (non-hydrogen) atoms. The predicted molar refractivity (Wildman–Crippen MR) is 81.8 cm³/mol. The zero-order valence-electron chi connectivity index (χ0n) is 12.7. The second-order valence-corrected chi connectivity index (χ2v) is 5.16. The summed E-state index contributed by atoms with van der Waals surface area (Å²) in [5.41, 5.74) is 1.19. The van der Waals surface area contributed by atoms with Crippen LogP contribution in [0.1, 0.15) is 25.0 Å². The van der Waals surface area contributed by atoms with Crippen molar-refractivity contribution in [3.8, 4) is 17.4 Å². The largest absolute Gasteiger partial charge is 0.496 e. The van der Waals surface area contributed by atoms with Crippen molar-refractivity contribution in [2.24, 2.45) is 0 Å². The monoisotopic (exact) mass is 314 g/mol. The predicted octanol–water partition coefficient (Wildman–Crippen LogP) is 1.02. The lowest BCUT2D eigenvalue weighted by molar-refractivity contribution is -0.118. The van der Waals surface area contributed by atoms with Gasteiger partial charge in [0.1, 0.15) is 17.3 Å². The van der Waals surface area contributed by atoms with Crippen LogP contribution in [0.25, 0.3) is 0 Å². The van der Waals surface area contributed by atoms with E-state index >= 15 is 0 Å². The second-order valence-electron chi connectivity index (χ2n) is 5.16. The molecule has 1 atom stereocenters. The standard InChI is InChI=1S/C15H15BN2O5/c1-9(19)5-13-15-11(16(20)23-13)6-10(7-12(15)21-2)22-14-8-17-3-4-18-14/h3-4,6-8,13,20H,5H2,1-2H3. The Bertz CT molecular complexity index is 725. The van der Waals surface area contributed by atoms with E-state index in [9.17, 15) is 9.82 Å². The van der Waals surface area contributed by atoms with Gasteiger partial charge >= 0.3 is 7.12 Å². The highest BCUT2D eigenvalue weighted by molar-refractivity contribution is 6.62. The first-order chi connectivity index (χ1) is 11.1. The van der Waals surface area contributed by atoms with E-state index in [-0.39, 0.29) is 12.2 Å². The van der Waals surface area contributed by atoms with Crippen molar-refractivity contribution in [3.05, 3.63) is 36.3 Å². The van der Waals surface area contributed by atoms with Gasteiger partial charge in [-0.2, -0.15) is 0 Å². The molecule has 1 aliphatic rings. The number of nitrogens with zero attached hydrogens (tertiary/aromatic N) is 2. The summed E-state index contributed by atoms with van der Waals surface area (Å²) < 4.78 is 16.5. The summed E-state index contributed by atoms with van der Waals surface area (Å²) in [6.45, 7) is 1.48. The maximum absolute atomic E-state index is 11.4. The fraction of sp³-hybridized carbons (Fsp3) is 0.267. The van der Waals surface area contributed by atoms with Crippen molar-refractivity contribution >= 4 is 18.4 Å². The highest BCUT2D eigenvalue weighted by Crippen LogP contribution is 2.37. The lowest BCUT2D eigenvalue weighted by Crippen LogP contribution is -2.28. The van der Waals surface area contributed by atoms with E-state index in [0.717, 1.165) is 0 Å². The SMILES string of the molecule is COc1cc(Oc2cnccn2)cc2c1C(CC(C)=O)OB2O. The Morgan fingerprint density at radius 3 is 2.91 bits per heavy atom. The van der Waals surface area contributed by atoms with Crippen molar-refractivity contribution in [1.82, 2.24) is 9.97 Å². The molecule has 0 aliphatic carbocycles. The number of hydrogen-bond acceptors (Lipinski definition) is 7. The fourth-order valence-electron chi connectivity index (χ4n) is 2.57. The van der Waals surface area contributed by atoms with Gasteiger partial charge < -0.3 is 19.2 Å². The zero-order chi connectivity index (χ0) is 16.4. The number of Topliss-reactive ketones (excluding diaryl/α,β-unsaturated/α-hetero) is 1. The number of carbonyl (C=O) groups excluding carboxylic acids is 1. The quantitative estimate of drug-likeness (QED) is 0.824. The van der Waals surface area contributed by atoms with Crippen molar-refractivity contribution in [2.45, 2.75) is 19.4 Å². The van der Waals surface area contributed by atoms with Gasteiger partial charge in [-0.3, -0.25) is 9.78 Å². The van der Waals surface area contributed by atoms with Gasteiger partial charge in [0.2, 0.25) is 5.88 Å². The molecule has 0 saturated carbocycles. The summed E-state index contributed by atoms with van der Waals surface area (Å²) in [6.07, 6.45) is 4.18. The average molecular weight is 314 g/mol. The van der Waals surface area contributed by atoms with E-state index in [2.05, 4.69) is 9.97 Å². The molecular formula is C15H15BN2O5. The van der Waals surface area contributed by atoms with E-state index in [0.29, 0.717) is 28.4 Å². The maximum atomic E-state index is 11.4. The van der Waals surface area contributed by atoms with Gasteiger partial charge in [0, 0.05) is 30.4 Å². The van der Waals surface area contributed by atoms with Gasteiger partial charge in [-0.1, -0.05) is 0 Å². The minimum Gasteiger partial charge on any atom is -0.496 e. The number of methoxy groups -OCH3 is 1. The Kier molecular flexibility index (Phi) is 4.27. The Morgan fingerprint density at radius 1 is 1.43 bits per heavy atom. The van der Waals surface area contributed by atoms with Crippen LogP contribution in [0.15, 0.2) is 30.7 Å². The summed E-state index contributed by atoms with van der Waals surface area (Å²) >= 11 is 0. The summed E-state index contributed by atoms with van der Waals surface area (Å²) in [5.74, 6) is 1.22. The third-order valence-corrected chi connectivity index (χ3v) is 3.48. The van der Waals surface area contributed by atoms with Crippen molar-refractivity contribution in [2.75, 3.05) is 7.11 Å². The minimum atomic E-state index is -1.13. The molecule has 0 radical (unpaired) electrons. The molecule has 0 fully saturated rings. The summed E-state index contributed by atoms with van der Waals surface area (Å²) in [5, 5.41) is 10.1. The Hall–Kier alpha value is -2.45. The highest BCUT2D eigenvalue weighted by atomic mass is 16.5. The van der Waals surface area contributed by atoms with E-state index in [1.165, 1.54) is 26.4 Å². The van der Waals surface area contributed by atoms with Gasteiger partial charge in [0.15, 0.2) is 0 Å². The van der Waals surface area contributed by atoms with E-state index in [1.807, 2.05) is 0 Å². The molecule has 118 valence electrons. The molecule has 0 spiro atoms. The van der Waals surface area contributed by atoms with Crippen LogP contribution in [0.3, 0.4) is 0 Å². The Morgan fingerprint density at radius 2 is 2.26 bits per heavy atom. The second kappa shape index (κ2) is 6.35. The van der Waals surface area contributed by atoms with Gasteiger partial charge in [0.05, 0.1) is 19.4 Å². The van der Waals surface area contributed by atoms with Crippen LogP contribution in [0.4, 0.5) is 0 Å². The number of benzene rings is 1. The molecule has 3 rings (SSSR count). The number of hydrogen-bond donors (Lipinski definition) is 1. The number of aromatic nitrogens is 2. The van der Waals surface area contributed by atoms with Gasteiger partial charge in [-0.05, 0) is 18.5 Å². The molecular weight excluding hydrogens is 299 g/mol. The summed E-state index contributed by atoms with van der Waals surface area (Å²) in [6, 6.07) is 3.32. The fourth-order valence-corrected chi connectivity index (χ4v) is 2.57. The molecule has 0 amide bonds. The maximum Gasteiger partial charge on any atom is 0.492 e. The average Bonchev–Trinajstić information content (AvgIpc) is 2.83. The Labute approximate surface area is 133 Å². The number of ether oxygens (including phenoxy) is 2. The summed E-state index contributed by atoms with van der Waals surface area (Å²) in [4.78, 5) is 19.3. The number of carbonyl (C=O) groups is 1. The van der Waals surface area contributed by atoms with Gasteiger partial charge in [-0.15, -0.1) is 0 Å². The molecule has 1 aromatic heterocycles. The number of fused-ring (bicyclic) bond motifs is 1. The van der Waals surface area contributed by atoms with Gasteiger partial charge in [-0.25, -0.2) is 4.98 Å². The van der Waals surface area contributed by atoms with Crippen LogP contribution < -0.4 is 14.9 Å². The topological polar surface area (TPSA) is 90.8 Å². The molecule has 7 nitrogen and oxygen atoms in total. The van der Waals surface area contributed by atoms with Crippen molar-refractivity contribution in [3.63, 3.8) is 0 Å². The third kappa shape index (κ3) is 3.18. The first-order valence-corrected chi connectivity index (χ1v) is 7.07. The smallest absolute Gasteiger partial charge is 0.492 e. The summed E-state index contributed by atoms with van der Waals surface area (Å²) in [7, 11) is 0.380. The lowest BCUT2D eigenvalue weighted by Gasteiger charge is -2.15. The zero-order valence-corrected chi connectivity index (χ0v) is 12.7. The molecule has 1 N–H and O–H groups in total. The van der Waals surface area contributed by atoms with Crippen LogP contribution in [0, 0.1) is 0 Å². The number of rotatable bonds is 5. The lowest BCUT2D eigenvalue weighted by atomic mass is 9.78. The first-order valence-electron chi connectivity index (χ1n) is 7.07. The van der Waals surface area contributed by atoms with Crippen LogP contribution in [-0.4, -0.2) is 35.0 Å². The van der Waals surface area contributed by atoms with Crippen LogP contribution in [0.2, 0.25) is 0 Å². The molecule has 2 aromatic rings. The normalized spacial score (nSPS) is 16.1. The van der Waals surface area contributed by atoms with Crippen LogP contribution in [0.5, 0.6) is 17.4 Å². The van der Waals surface area contributed by atoms with Gasteiger partial charge in [0.25, 0.3) is 0 Å².